The molecule has 1 heterocycles. The molecule has 0 bridgehead atoms. The predicted molar refractivity (Wildman–Crippen MR) is 92.2 cm³/mol. The fraction of sp³-hybridized carbons (Fsp3) is 0.375. The highest BCUT2D eigenvalue weighted by Gasteiger charge is 2.15. The average Bonchev–Trinajstić information content (AvgIpc) is 2.44. The van der Waals surface area contributed by atoms with Gasteiger partial charge < -0.3 is 5.32 Å². The normalized spacial score (nSPS) is 11.0. The van der Waals surface area contributed by atoms with Gasteiger partial charge in [-0.1, -0.05) is 43.6 Å². The van der Waals surface area contributed by atoms with Crippen LogP contribution in [0.4, 0.5) is 5.82 Å². The third-order valence-electron chi connectivity index (χ3n) is 3.12. The van der Waals surface area contributed by atoms with Crippen molar-refractivity contribution in [3.63, 3.8) is 0 Å². The first kappa shape index (κ1) is 16.2. The Balaban J connectivity index is 2.41. The van der Waals surface area contributed by atoms with E-state index in [9.17, 15) is 0 Å². The lowest BCUT2D eigenvalue weighted by Gasteiger charge is -2.14. The summed E-state index contributed by atoms with van der Waals surface area (Å²) in [5.74, 6) is 1.95. The van der Waals surface area contributed by atoms with Crippen LogP contribution >= 0.6 is 27.5 Å². The summed E-state index contributed by atoms with van der Waals surface area (Å²) in [5.41, 5.74) is 2.06. The van der Waals surface area contributed by atoms with E-state index in [0.29, 0.717) is 12.3 Å². The minimum absolute atomic E-state index is 0.324. The summed E-state index contributed by atoms with van der Waals surface area (Å²) in [4.78, 5) is 9.31. The largest absolute Gasteiger partial charge is 0.369 e. The lowest BCUT2D eigenvalue weighted by molar-refractivity contribution is 0.784. The molecule has 21 heavy (non-hydrogen) atoms. The SMILES string of the molecule is CCNc1nc(Cc2ccccc2Cl)nc(C(C)C)c1Br. The molecule has 0 aliphatic rings. The molecule has 0 radical (unpaired) electrons. The Morgan fingerprint density at radius 1 is 1.24 bits per heavy atom. The lowest BCUT2D eigenvalue weighted by Crippen LogP contribution is -2.09. The molecule has 0 unspecified atom stereocenters. The summed E-state index contributed by atoms with van der Waals surface area (Å²) < 4.78 is 0.947. The molecule has 5 heteroatoms. The molecule has 0 aliphatic carbocycles. The highest BCUT2D eigenvalue weighted by Crippen LogP contribution is 2.29. The van der Waals surface area contributed by atoms with Crippen molar-refractivity contribution >= 4 is 33.3 Å². The summed E-state index contributed by atoms with van der Waals surface area (Å²) in [6.45, 7) is 7.13. The lowest BCUT2D eigenvalue weighted by atomic mass is 10.1. The minimum atomic E-state index is 0.324. The van der Waals surface area contributed by atoms with Crippen molar-refractivity contribution in [3.8, 4) is 0 Å². The highest BCUT2D eigenvalue weighted by molar-refractivity contribution is 9.10. The number of halogens is 2. The Morgan fingerprint density at radius 3 is 2.57 bits per heavy atom. The van der Waals surface area contributed by atoms with Crippen LogP contribution in [0, 0.1) is 0 Å². The Labute approximate surface area is 139 Å². The van der Waals surface area contributed by atoms with Gasteiger partial charge in [-0.05, 0) is 40.4 Å². The molecule has 2 aromatic rings. The smallest absolute Gasteiger partial charge is 0.144 e. The third-order valence-corrected chi connectivity index (χ3v) is 4.27. The van der Waals surface area contributed by atoms with E-state index in [-0.39, 0.29) is 0 Å². The molecule has 1 N–H and O–H groups in total. The molecule has 0 spiro atoms. The van der Waals surface area contributed by atoms with Gasteiger partial charge >= 0.3 is 0 Å². The van der Waals surface area contributed by atoms with Gasteiger partial charge in [-0.2, -0.15) is 0 Å². The average molecular weight is 369 g/mol. The van der Waals surface area contributed by atoms with Crippen LogP contribution in [0.5, 0.6) is 0 Å². The van der Waals surface area contributed by atoms with Crippen LogP contribution in [0.3, 0.4) is 0 Å². The van der Waals surface area contributed by atoms with Crippen LogP contribution in [0.15, 0.2) is 28.7 Å². The van der Waals surface area contributed by atoms with Gasteiger partial charge in [-0.15, -0.1) is 0 Å². The fourth-order valence-electron chi connectivity index (χ4n) is 2.07. The van der Waals surface area contributed by atoms with Crippen molar-refractivity contribution in [3.05, 3.63) is 50.8 Å². The molecule has 1 aromatic carbocycles. The monoisotopic (exact) mass is 367 g/mol. The van der Waals surface area contributed by atoms with E-state index in [4.69, 9.17) is 16.6 Å². The summed E-state index contributed by atoms with van der Waals surface area (Å²) in [6.07, 6.45) is 0.630. The maximum absolute atomic E-state index is 6.23. The molecule has 0 saturated heterocycles. The van der Waals surface area contributed by atoms with Crippen molar-refractivity contribution < 1.29 is 0 Å². The van der Waals surface area contributed by atoms with Gasteiger partial charge in [0.2, 0.25) is 0 Å². The molecule has 1 aromatic heterocycles. The van der Waals surface area contributed by atoms with E-state index in [2.05, 4.69) is 47.0 Å². The predicted octanol–water partition coefficient (Wildman–Crippen LogP) is 5.04. The van der Waals surface area contributed by atoms with Crippen LogP contribution in [0.2, 0.25) is 5.02 Å². The van der Waals surface area contributed by atoms with Crippen LogP contribution in [-0.4, -0.2) is 16.5 Å². The first-order valence-electron chi connectivity index (χ1n) is 7.06. The second kappa shape index (κ2) is 7.23. The number of nitrogens with zero attached hydrogens (tertiary/aromatic N) is 2. The molecule has 2 rings (SSSR count). The van der Waals surface area contributed by atoms with Crippen molar-refractivity contribution in [2.45, 2.75) is 33.1 Å². The van der Waals surface area contributed by atoms with Gasteiger partial charge in [-0.25, -0.2) is 9.97 Å². The Morgan fingerprint density at radius 2 is 1.95 bits per heavy atom. The summed E-state index contributed by atoms with van der Waals surface area (Å²) >= 11 is 9.83. The zero-order chi connectivity index (χ0) is 15.4. The Hall–Kier alpha value is -1.13. The number of hydrogen-bond donors (Lipinski definition) is 1. The molecular weight excluding hydrogens is 350 g/mol. The number of nitrogens with one attached hydrogen (secondary N) is 1. The topological polar surface area (TPSA) is 37.8 Å². The van der Waals surface area contributed by atoms with E-state index < -0.39 is 0 Å². The van der Waals surface area contributed by atoms with Crippen LogP contribution < -0.4 is 5.32 Å². The first-order valence-corrected chi connectivity index (χ1v) is 8.23. The molecule has 3 nitrogen and oxygen atoms in total. The Kier molecular flexibility index (Phi) is 5.59. The van der Waals surface area contributed by atoms with Crippen molar-refractivity contribution in [1.82, 2.24) is 9.97 Å². The molecule has 0 fully saturated rings. The van der Waals surface area contributed by atoms with Gasteiger partial charge in [-0.3, -0.25) is 0 Å². The van der Waals surface area contributed by atoms with E-state index in [1.807, 2.05) is 24.3 Å². The van der Waals surface area contributed by atoms with E-state index in [1.54, 1.807) is 0 Å². The zero-order valence-corrected chi connectivity index (χ0v) is 14.8. The van der Waals surface area contributed by atoms with Gasteiger partial charge in [0.05, 0.1) is 10.2 Å². The summed E-state index contributed by atoms with van der Waals surface area (Å²) in [5, 5.41) is 4.03. The van der Waals surface area contributed by atoms with Gasteiger partial charge in [0.15, 0.2) is 0 Å². The molecule has 0 saturated carbocycles. The first-order chi connectivity index (χ1) is 10.0. The molecule has 0 amide bonds. The highest BCUT2D eigenvalue weighted by atomic mass is 79.9. The van der Waals surface area contributed by atoms with E-state index >= 15 is 0 Å². The number of anilines is 1. The van der Waals surface area contributed by atoms with Crippen LogP contribution in [0.1, 0.15) is 43.8 Å². The van der Waals surface area contributed by atoms with Crippen LogP contribution in [-0.2, 0) is 6.42 Å². The van der Waals surface area contributed by atoms with Crippen molar-refractivity contribution in [2.24, 2.45) is 0 Å². The zero-order valence-electron chi connectivity index (χ0n) is 12.5. The van der Waals surface area contributed by atoms with Gasteiger partial charge in [0, 0.05) is 18.0 Å². The number of benzene rings is 1. The number of aromatic nitrogens is 2. The Bertz CT molecular complexity index is 629. The van der Waals surface area contributed by atoms with Crippen molar-refractivity contribution in [1.29, 1.82) is 0 Å². The third kappa shape index (κ3) is 3.95. The maximum atomic E-state index is 6.23. The van der Waals surface area contributed by atoms with Gasteiger partial charge in [0.1, 0.15) is 11.6 Å². The fourth-order valence-corrected chi connectivity index (χ4v) is 3.05. The molecular formula is C16H19BrClN3. The van der Waals surface area contributed by atoms with Gasteiger partial charge in [0.25, 0.3) is 0 Å². The standard InChI is InChI=1S/C16H19BrClN3/c1-4-19-16-14(17)15(10(2)3)20-13(21-16)9-11-7-5-6-8-12(11)18/h5-8,10H,4,9H2,1-3H3,(H,19,20,21). The summed E-state index contributed by atoms with van der Waals surface area (Å²) in [7, 11) is 0. The molecule has 0 aliphatic heterocycles. The van der Waals surface area contributed by atoms with E-state index in [0.717, 1.165) is 38.9 Å². The molecule has 0 atom stereocenters. The molecule has 112 valence electrons. The summed E-state index contributed by atoms with van der Waals surface area (Å²) in [6, 6.07) is 7.81. The van der Waals surface area contributed by atoms with Crippen molar-refractivity contribution in [2.75, 3.05) is 11.9 Å². The maximum Gasteiger partial charge on any atom is 0.144 e. The number of hydrogen-bond acceptors (Lipinski definition) is 3. The second-order valence-electron chi connectivity index (χ2n) is 5.14. The number of rotatable bonds is 5. The van der Waals surface area contributed by atoms with E-state index in [1.165, 1.54) is 0 Å². The minimum Gasteiger partial charge on any atom is -0.369 e. The quantitative estimate of drug-likeness (QED) is 0.803. The second-order valence-corrected chi connectivity index (χ2v) is 6.34. The van der Waals surface area contributed by atoms with Crippen LogP contribution in [0.25, 0.3) is 0 Å².